The molecule has 0 aliphatic carbocycles. The molecule has 0 aliphatic rings. The molecule has 1 aromatic heterocycles. The SMILES string of the molecule is CSCC(C)CNC(=O)c1sc2ccc(C)cc2c1N. The molecule has 0 saturated carbocycles. The van der Waals surface area contributed by atoms with E-state index >= 15 is 0 Å². The van der Waals surface area contributed by atoms with Crippen molar-refractivity contribution in [3.63, 3.8) is 0 Å². The second-order valence-corrected chi connectivity index (χ2v) is 7.08. The molecule has 1 atom stereocenters. The van der Waals surface area contributed by atoms with Gasteiger partial charge in [0.15, 0.2) is 0 Å². The molecule has 1 aromatic carbocycles. The van der Waals surface area contributed by atoms with E-state index in [1.165, 1.54) is 11.3 Å². The lowest BCUT2D eigenvalue weighted by molar-refractivity contribution is 0.0954. The van der Waals surface area contributed by atoms with Gasteiger partial charge in [0.05, 0.1) is 5.69 Å². The maximum Gasteiger partial charge on any atom is 0.263 e. The van der Waals surface area contributed by atoms with Crippen LogP contribution in [-0.4, -0.2) is 24.5 Å². The Morgan fingerprint density at radius 2 is 2.25 bits per heavy atom. The third-order valence-corrected chi connectivity index (χ3v) is 5.24. The van der Waals surface area contributed by atoms with Gasteiger partial charge in [0.25, 0.3) is 5.91 Å². The van der Waals surface area contributed by atoms with Gasteiger partial charge < -0.3 is 11.1 Å². The summed E-state index contributed by atoms with van der Waals surface area (Å²) in [5, 5.41) is 3.96. The smallest absolute Gasteiger partial charge is 0.263 e. The van der Waals surface area contributed by atoms with Gasteiger partial charge >= 0.3 is 0 Å². The van der Waals surface area contributed by atoms with Crippen LogP contribution in [0.2, 0.25) is 0 Å². The summed E-state index contributed by atoms with van der Waals surface area (Å²) in [4.78, 5) is 12.9. The zero-order valence-corrected chi connectivity index (χ0v) is 13.7. The van der Waals surface area contributed by atoms with Crippen molar-refractivity contribution in [1.29, 1.82) is 0 Å². The standard InChI is InChI=1S/C15H20N2OS2/c1-9-4-5-12-11(6-9)13(16)14(20-12)15(18)17-7-10(2)8-19-3/h4-6,10H,7-8,16H2,1-3H3,(H,17,18). The fourth-order valence-electron chi connectivity index (χ4n) is 2.09. The first kappa shape index (κ1) is 15.2. The van der Waals surface area contributed by atoms with E-state index in [9.17, 15) is 4.79 Å². The van der Waals surface area contributed by atoms with Gasteiger partial charge in [-0.15, -0.1) is 11.3 Å². The fourth-order valence-corrected chi connectivity index (χ4v) is 3.80. The molecule has 2 aromatic rings. The van der Waals surface area contributed by atoms with Crippen LogP contribution in [0.15, 0.2) is 18.2 Å². The Balaban J connectivity index is 2.16. The number of thiophene rings is 1. The van der Waals surface area contributed by atoms with Crippen LogP contribution in [0, 0.1) is 12.8 Å². The van der Waals surface area contributed by atoms with Gasteiger partial charge in [-0.25, -0.2) is 0 Å². The molecular formula is C15H20N2OS2. The van der Waals surface area contributed by atoms with Crippen LogP contribution in [0.1, 0.15) is 22.2 Å². The topological polar surface area (TPSA) is 55.1 Å². The van der Waals surface area contributed by atoms with E-state index in [0.29, 0.717) is 23.0 Å². The van der Waals surface area contributed by atoms with E-state index < -0.39 is 0 Å². The summed E-state index contributed by atoms with van der Waals surface area (Å²) in [6.07, 6.45) is 2.07. The number of nitrogen functional groups attached to an aromatic ring is 1. The second-order valence-electron chi connectivity index (χ2n) is 5.12. The Bertz CT molecular complexity index is 622. The van der Waals surface area contributed by atoms with E-state index in [1.54, 1.807) is 11.8 Å². The number of nitrogens with one attached hydrogen (secondary N) is 1. The Kier molecular flexibility index (Phi) is 4.94. The molecule has 1 heterocycles. The van der Waals surface area contributed by atoms with E-state index in [4.69, 9.17) is 5.73 Å². The zero-order chi connectivity index (χ0) is 14.7. The predicted molar refractivity (Wildman–Crippen MR) is 90.9 cm³/mol. The quantitative estimate of drug-likeness (QED) is 0.888. The Labute approximate surface area is 127 Å². The van der Waals surface area contributed by atoms with Gasteiger partial charge in [-0.1, -0.05) is 18.6 Å². The minimum atomic E-state index is -0.0608. The number of aryl methyl sites for hydroxylation is 1. The van der Waals surface area contributed by atoms with Gasteiger partial charge in [-0.3, -0.25) is 4.79 Å². The Morgan fingerprint density at radius 3 is 2.95 bits per heavy atom. The molecule has 0 spiro atoms. The number of hydrogen-bond donors (Lipinski definition) is 2. The zero-order valence-electron chi connectivity index (χ0n) is 12.0. The number of thioether (sulfide) groups is 1. The van der Waals surface area contributed by atoms with Crippen molar-refractivity contribution >= 4 is 44.8 Å². The summed E-state index contributed by atoms with van der Waals surface area (Å²) in [7, 11) is 0. The van der Waals surface area contributed by atoms with Crippen LogP contribution in [0.5, 0.6) is 0 Å². The molecule has 0 saturated heterocycles. The highest BCUT2D eigenvalue weighted by Crippen LogP contribution is 2.34. The first-order chi connectivity index (χ1) is 9.52. The van der Waals surface area contributed by atoms with Crippen molar-refractivity contribution < 1.29 is 4.79 Å². The maximum absolute atomic E-state index is 12.2. The van der Waals surface area contributed by atoms with Crippen molar-refractivity contribution in [2.45, 2.75) is 13.8 Å². The highest BCUT2D eigenvalue weighted by molar-refractivity contribution is 7.98. The minimum Gasteiger partial charge on any atom is -0.397 e. The lowest BCUT2D eigenvalue weighted by Crippen LogP contribution is -2.28. The summed E-state index contributed by atoms with van der Waals surface area (Å²) in [6.45, 7) is 4.85. The average molecular weight is 308 g/mol. The highest BCUT2D eigenvalue weighted by atomic mass is 32.2. The summed E-state index contributed by atoms with van der Waals surface area (Å²) >= 11 is 3.26. The van der Waals surface area contributed by atoms with Gasteiger partial charge in [-0.05, 0) is 37.0 Å². The molecule has 3 N–H and O–H groups in total. The monoisotopic (exact) mass is 308 g/mol. The van der Waals surface area contributed by atoms with Crippen LogP contribution < -0.4 is 11.1 Å². The van der Waals surface area contributed by atoms with Crippen molar-refractivity contribution in [3.05, 3.63) is 28.6 Å². The summed E-state index contributed by atoms with van der Waals surface area (Å²) in [5.74, 6) is 1.45. The van der Waals surface area contributed by atoms with E-state index in [0.717, 1.165) is 21.4 Å². The molecule has 0 bridgehead atoms. The molecule has 0 radical (unpaired) electrons. The number of rotatable bonds is 5. The Hall–Kier alpha value is -1.20. The van der Waals surface area contributed by atoms with Crippen LogP contribution in [0.25, 0.3) is 10.1 Å². The molecule has 2 rings (SSSR count). The van der Waals surface area contributed by atoms with Crippen LogP contribution in [-0.2, 0) is 0 Å². The van der Waals surface area contributed by atoms with E-state index in [-0.39, 0.29) is 5.91 Å². The predicted octanol–water partition coefficient (Wildman–Crippen LogP) is 3.52. The number of amides is 1. The van der Waals surface area contributed by atoms with Crippen molar-refractivity contribution in [2.75, 3.05) is 24.3 Å². The summed E-state index contributed by atoms with van der Waals surface area (Å²) < 4.78 is 1.07. The molecule has 1 amide bonds. The number of benzene rings is 1. The molecule has 0 aliphatic heterocycles. The van der Waals surface area contributed by atoms with Crippen molar-refractivity contribution in [1.82, 2.24) is 5.32 Å². The summed E-state index contributed by atoms with van der Waals surface area (Å²) in [6, 6.07) is 6.10. The van der Waals surface area contributed by atoms with Crippen LogP contribution in [0.4, 0.5) is 5.69 Å². The largest absolute Gasteiger partial charge is 0.397 e. The van der Waals surface area contributed by atoms with Gasteiger partial charge in [-0.2, -0.15) is 11.8 Å². The fraction of sp³-hybridized carbons (Fsp3) is 0.400. The van der Waals surface area contributed by atoms with E-state index in [2.05, 4.69) is 18.5 Å². The second kappa shape index (κ2) is 6.50. The first-order valence-electron chi connectivity index (χ1n) is 6.58. The number of anilines is 1. The molecule has 108 valence electrons. The van der Waals surface area contributed by atoms with Gasteiger partial charge in [0.2, 0.25) is 0 Å². The molecule has 0 fully saturated rings. The van der Waals surface area contributed by atoms with Crippen LogP contribution in [0.3, 0.4) is 0 Å². The third kappa shape index (κ3) is 3.27. The molecule has 5 heteroatoms. The van der Waals surface area contributed by atoms with Crippen molar-refractivity contribution in [2.24, 2.45) is 5.92 Å². The number of carbonyl (C=O) groups excluding carboxylic acids is 1. The molecule has 3 nitrogen and oxygen atoms in total. The molecular weight excluding hydrogens is 288 g/mol. The molecule has 20 heavy (non-hydrogen) atoms. The van der Waals surface area contributed by atoms with Crippen LogP contribution >= 0.6 is 23.1 Å². The van der Waals surface area contributed by atoms with E-state index in [1.807, 2.05) is 25.1 Å². The first-order valence-corrected chi connectivity index (χ1v) is 8.79. The Morgan fingerprint density at radius 1 is 1.50 bits per heavy atom. The lowest BCUT2D eigenvalue weighted by atomic mass is 10.1. The minimum absolute atomic E-state index is 0.0608. The van der Waals surface area contributed by atoms with Crippen molar-refractivity contribution in [3.8, 4) is 0 Å². The highest BCUT2D eigenvalue weighted by Gasteiger charge is 2.16. The van der Waals surface area contributed by atoms with Gasteiger partial charge in [0, 0.05) is 16.6 Å². The number of fused-ring (bicyclic) bond motifs is 1. The number of carbonyl (C=O) groups is 1. The summed E-state index contributed by atoms with van der Waals surface area (Å²) in [5.41, 5.74) is 7.88. The number of hydrogen-bond acceptors (Lipinski definition) is 4. The van der Waals surface area contributed by atoms with Gasteiger partial charge in [0.1, 0.15) is 4.88 Å². The lowest BCUT2D eigenvalue weighted by Gasteiger charge is -2.10. The normalized spacial score (nSPS) is 12.6. The molecule has 1 unspecified atom stereocenters. The average Bonchev–Trinajstić information content (AvgIpc) is 2.74. The number of nitrogens with two attached hydrogens (primary N) is 1. The third-order valence-electron chi connectivity index (χ3n) is 3.15. The maximum atomic E-state index is 12.2.